The fourth-order valence-corrected chi connectivity index (χ4v) is 2.25. The molecule has 1 saturated heterocycles. The topological polar surface area (TPSA) is 23.5 Å². The van der Waals surface area contributed by atoms with Crippen LogP contribution < -0.4 is 0 Å². The van der Waals surface area contributed by atoms with Crippen LogP contribution in [0, 0.1) is 0 Å². The number of thioether (sulfide) groups is 1. The van der Waals surface area contributed by atoms with Gasteiger partial charge in [-0.2, -0.15) is 0 Å². The van der Waals surface area contributed by atoms with Crippen molar-refractivity contribution in [3.63, 3.8) is 0 Å². The average molecular weight is 163 g/mol. The summed E-state index contributed by atoms with van der Waals surface area (Å²) < 4.78 is 0. The van der Waals surface area contributed by atoms with Crippen molar-refractivity contribution in [1.29, 1.82) is 0 Å². The van der Waals surface area contributed by atoms with Crippen LogP contribution in [0.1, 0.15) is 0 Å². The van der Waals surface area contributed by atoms with Crippen LogP contribution >= 0.6 is 24.0 Å². The van der Waals surface area contributed by atoms with Crippen LogP contribution in [0.15, 0.2) is 0 Å². The Balaban J connectivity index is 2.41. The first kappa shape index (κ1) is 7.47. The normalized spacial score (nSPS) is 28.8. The molecule has 0 aromatic heterocycles. The van der Waals surface area contributed by atoms with Crippen LogP contribution in [-0.4, -0.2) is 39.8 Å². The van der Waals surface area contributed by atoms with E-state index in [0.717, 1.165) is 12.3 Å². The highest BCUT2D eigenvalue weighted by atomic mass is 32.2. The van der Waals surface area contributed by atoms with Gasteiger partial charge in [-0.15, -0.1) is 11.8 Å². The van der Waals surface area contributed by atoms with E-state index in [1.165, 1.54) is 0 Å². The van der Waals surface area contributed by atoms with E-state index in [0.29, 0.717) is 0 Å². The van der Waals surface area contributed by atoms with Gasteiger partial charge < -0.3 is 5.11 Å². The minimum atomic E-state index is 0.130. The predicted molar refractivity (Wildman–Crippen MR) is 43.7 cm³/mol. The monoisotopic (exact) mass is 163 g/mol. The molecule has 0 bridgehead atoms. The molecule has 0 aromatic rings. The number of thiocarbonyl (C=S) groups is 1. The van der Waals surface area contributed by atoms with Crippen molar-refractivity contribution in [3.8, 4) is 0 Å². The molecule has 0 amide bonds. The maximum absolute atomic E-state index is 8.71. The third-order valence-corrected chi connectivity index (χ3v) is 2.95. The van der Waals surface area contributed by atoms with Gasteiger partial charge in [0.05, 0.1) is 12.1 Å². The second-order valence-electron chi connectivity index (χ2n) is 1.85. The second kappa shape index (κ2) is 3.51. The largest absolute Gasteiger partial charge is 0.381 e. The third-order valence-electron chi connectivity index (χ3n) is 1.33. The highest BCUT2D eigenvalue weighted by molar-refractivity contribution is 8.01. The van der Waals surface area contributed by atoms with Crippen LogP contribution in [0.2, 0.25) is 0 Å². The van der Waals surface area contributed by atoms with Gasteiger partial charge in [0, 0.05) is 17.7 Å². The van der Waals surface area contributed by atoms with E-state index < -0.39 is 0 Å². The van der Waals surface area contributed by atoms with E-state index in [2.05, 4.69) is 0 Å². The van der Waals surface area contributed by atoms with Gasteiger partial charge in [0.2, 0.25) is 0 Å². The molecule has 1 heterocycles. The van der Waals surface area contributed by atoms with Crippen molar-refractivity contribution in [2.45, 2.75) is 5.37 Å². The van der Waals surface area contributed by atoms with Gasteiger partial charge in [0.15, 0.2) is 0 Å². The Labute approximate surface area is 64.2 Å². The number of hydrogen-bond acceptors (Lipinski definition) is 4. The summed E-state index contributed by atoms with van der Waals surface area (Å²) in [6.07, 6.45) is 0. The molecule has 1 rings (SSSR count). The number of rotatable bonds is 2. The van der Waals surface area contributed by atoms with Crippen molar-refractivity contribution in [1.82, 2.24) is 4.90 Å². The van der Waals surface area contributed by atoms with Gasteiger partial charge in [-0.1, -0.05) is 12.2 Å². The fraction of sp³-hybridized carbons (Fsp3) is 0.800. The Morgan fingerprint density at radius 2 is 2.67 bits per heavy atom. The maximum atomic E-state index is 8.71. The van der Waals surface area contributed by atoms with Crippen LogP contribution in [0.5, 0.6) is 0 Å². The van der Waals surface area contributed by atoms with Gasteiger partial charge in [0.1, 0.15) is 0 Å². The zero-order valence-electron chi connectivity index (χ0n) is 4.99. The predicted octanol–water partition coefficient (Wildman–Crippen LogP) is 0.311. The van der Waals surface area contributed by atoms with Crippen molar-refractivity contribution >= 4 is 29.3 Å². The SMILES string of the molecule is OCN1CCSC1C=S. The third kappa shape index (κ3) is 1.64. The van der Waals surface area contributed by atoms with Crippen molar-refractivity contribution in [3.05, 3.63) is 0 Å². The molecule has 4 heteroatoms. The first-order valence-electron chi connectivity index (χ1n) is 2.80. The smallest absolute Gasteiger partial charge is 0.0968 e. The van der Waals surface area contributed by atoms with Crippen molar-refractivity contribution < 1.29 is 5.11 Å². The minimum absolute atomic E-state index is 0.130. The second-order valence-corrected chi connectivity index (χ2v) is 3.35. The van der Waals surface area contributed by atoms with Crippen LogP contribution in [-0.2, 0) is 0 Å². The summed E-state index contributed by atoms with van der Waals surface area (Å²) in [5.41, 5.74) is 0. The van der Waals surface area contributed by atoms with E-state index in [9.17, 15) is 0 Å². The molecule has 0 saturated carbocycles. The summed E-state index contributed by atoms with van der Waals surface area (Å²) >= 11 is 6.54. The van der Waals surface area contributed by atoms with Crippen molar-refractivity contribution in [2.24, 2.45) is 0 Å². The first-order valence-corrected chi connectivity index (χ1v) is 4.32. The lowest BCUT2D eigenvalue weighted by Crippen LogP contribution is -2.29. The molecule has 1 aliphatic rings. The molecule has 0 spiro atoms. The Hall–Kier alpha value is 0.360. The Kier molecular flexibility index (Phi) is 2.91. The van der Waals surface area contributed by atoms with E-state index in [1.807, 2.05) is 4.90 Å². The summed E-state index contributed by atoms with van der Waals surface area (Å²) in [7, 11) is 0. The zero-order valence-corrected chi connectivity index (χ0v) is 6.62. The van der Waals surface area contributed by atoms with Gasteiger partial charge in [-0.25, -0.2) is 0 Å². The molecule has 0 aromatic carbocycles. The molecule has 2 nitrogen and oxygen atoms in total. The molecule has 0 aliphatic carbocycles. The summed E-state index contributed by atoms with van der Waals surface area (Å²) in [6.45, 7) is 1.09. The quantitative estimate of drug-likeness (QED) is 0.592. The van der Waals surface area contributed by atoms with Crippen LogP contribution in [0.3, 0.4) is 0 Å². The summed E-state index contributed by atoms with van der Waals surface area (Å²) in [6, 6.07) is 0. The Morgan fingerprint density at radius 3 is 3.11 bits per heavy atom. The van der Waals surface area contributed by atoms with Gasteiger partial charge >= 0.3 is 0 Å². The highest BCUT2D eigenvalue weighted by Gasteiger charge is 2.21. The van der Waals surface area contributed by atoms with E-state index >= 15 is 0 Å². The van der Waals surface area contributed by atoms with E-state index in [1.54, 1.807) is 17.1 Å². The van der Waals surface area contributed by atoms with Crippen molar-refractivity contribution in [2.75, 3.05) is 19.0 Å². The van der Waals surface area contributed by atoms with Gasteiger partial charge in [-0.3, -0.25) is 4.90 Å². The molecule has 1 aliphatic heterocycles. The molecule has 0 radical (unpaired) electrons. The molecular formula is C5H9NOS2. The minimum Gasteiger partial charge on any atom is -0.381 e. The Bertz CT molecular complexity index is 109. The maximum Gasteiger partial charge on any atom is 0.0968 e. The molecule has 9 heavy (non-hydrogen) atoms. The highest BCUT2D eigenvalue weighted by Crippen LogP contribution is 2.20. The number of nitrogens with zero attached hydrogens (tertiary/aromatic N) is 1. The lowest BCUT2D eigenvalue weighted by atomic mass is 10.6. The molecular weight excluding hydrogens is 154 g/mol. The summed E-state index contributed by atoms with van der Waals surface area (Å²) in [4.78, 5) is 1.94. The molecule has 52 valence electrons. The summed E-state index contributed by atoms with van der Waals surface area (Å²) in [5, 5.41) is 10.7. The lowest BCUT2D eigenvalue weighted by Gasteiger charge is -2.15. The fourth-order valence-electron chi connectivity index (χ4n) is 0.800. The van der Waals surface area contributed by atoms with E-state index in [-0.39, 0.29) is 12.1 Å². The number of hydrogen-bond donors (Lipinski definition) is 1. The molecule has 1 N–H and O–H groups in total. The molecule has 1 unspecified atom stereocenters. The number of aliphatic hydroxyl groups excluding tert-OH is 1. The lowest BCUT2D eigenvalue weighted by molar-refractivity contribution is 0.128. The first-order chi connectivity index (χ1) is 4.38. The summed E-state index contributed by atoms with van der Waals surface area (Å²) in [5.74, 6) is 1.08. The van der Waals surface area contributed by atoms with Gasteiger partial charge in [0.25, 0.3) is 0 Å². The zero-order chi connectivity index (χ0) is 6.69. The Morgan fingerprint density at radius 1 is 1.89 bits per heavy atom. The van der Waals surface area contributed by atoms with Crippen LogP contribution in [0.4, 0.5) is 0 Å². The average Bonchev–Trinajstić information content (AvgIpc) is 2.33. The van der Waals surface area contributed by atoms with Gasteiger partial charge in [-0.05, 0) is 0 Å². The molecule has 1 fully saturated rings. The van der Waals surface area contributed by atoms with E-state index in [4.69, 9.17) is 17.3 Å². The molecule has 1 atom stereocenters. The number of aliphatic hydroxyl groups is 1. The van der Waals surface area contributed by atoms with Crippen LogP contribution in [0.25, 0.3) is 0 Å². The standard InChI is InChI=1S/C5H9NOS2/c7-4-6-1-2-9-5(6)3-8/h3,5,7H,1-2,4H2.